The first-order chi connectivity index (χ1) is 10.2. The molecule has 1 aromatic rings. The zero-order valence-corrected chi connectivity index (χ0v) is 13.3. The molecule has 0 aliphatic carbocycles. The third kappa shape index (κ3) is 7.05. The Kier molecular flexibility index (Phi) is 8.37. The van der Waals surface area contributed by atoms with Gasteiger partial charge >= 0.3 is 6.01 Å². The van der Waals surface area contributed by atoms with E-state index in [0.29, 0.717) is 44.3 Å². The third-order valence-corrected chi connectivity index (χ3v) is 2.43. The molecule has 0 spiro atoms. The van der Waals surface area contributed by atoms with E-state index in [2.05, 4.69) is 20.3 Å². The summed E-state index contributed by atoms with van der Waals surface area (Å²) < 4.78 is 15.9. The fourth-order valence-corrected chi connectivity index (χ4v) is 1.45. The number of hydrogen-bond donors (Lipinski definition) is 1. The monoisotopic (exact) mass is 299 g/mol. The Bertz CT molecular complexity index is 403. The zero-order chi connectivity index (χ0) is 15.5. The van der Waals surface area contributed by atoms with Gasteiger partial charge in [-0.15, -0.1) is 0 Å². The van der Waals surface area contributed by atoms with Gasteiger partial charge in [0.2, 0.25) is 11.9 Å². The first kappa shape index (κ1) is 17.4. The molecule has 0 bridgehead atoms. The lowest BCUT2D eigenvalue weighted by atomic mass is 10.5. The van der Waals surface area contributed by atoms with Crippen LogP contribution >= 0.6 is 0 Å². The van der Waals surface area contributed by atoms with Crippen LogP contribution in [0.2, 0.25) is 0 Å². The van der Waals surface area contributed by atoms with Crippen LogP contribution in [0.3, 0.4) is 0 Å². The molecular formula is C13H25N5O3. The minimum absolute atomic E-state index is 0.296. The van der Waals surface area contributed by atoms with E-state index in [1.54, 1.807) is 12.0 Å². The van der Waals surface area contributed by atoms with E-state index in [-0.39, 0.29) is 0 Å². The zero-order valence-electron chi connectivity index (χ0n) is 13.3. The molecule has 1 N–H and O–H groups in total. The Morgan fingerprint density at radius 3 is 2.52 bits per heavy atom. The van der Waals surface area contributed by atoms with E-state index in [9.17, 15) is 0 Å². The van der Waals surface area contributed by atoms with Crippen LogP contribution in [0.25, 0.3) is 0 Å². The Hall–Kier alpha value is -1.67. The molecule has 1 heterocycles. The molecule has 120 valence electrons. The van der Waals surface area contributed by atoms with Gasteiger partial charge in [-0.25, -0.2) is 0 Å². The number of hydrogen-bond acceptors (Lipinski definition) is 8. The van der Waals surface area contributed by atoms with Crippen LogP contribution in [0.5, 0.6) is 6.01 Å². The number of ether oxygens (including phenoxy) is 3. The van der Waals surface area contributed by atoms with Crippen molar-refractivity contribution in [2.24, 2.45) is 0 Å². The minimum Gasteiger partial charge on any atom is -0.461 e. The average molecular weight is 299 g/mol. The van der Waals surface area contributed by atoms with Gasteiger partial charge in [0.25, 0.3) is 0 Å². The lowest BCUT2D eigenvalue weighted by Crippen LogP contribution is -2.17. The quantitative estimate of drug-likeness (QED) is 0.601. The lowest BCUT2D eigenvalue weighted by Gasteiger charge is -2.13. The van der Waals surface area contributed by atoms with E-state index >= 15 is 0 Å². The van der Waals surface area contributed by atoms with Gasteiger partial charge in [0.15, 0.2) is 0 Å². The summed E-state index contributed by atoms with van der Waals surface area (Å²) in [4.78, 5) is 14.5. The van der Waals surface area contributed by atoms with Gasteiger partial charge in [-0.3, -0.25) is 0 Å². The van der Waals surface area contributed by atoms with E-state index in [1.165, 1.54) is 0 Å². The summed E-state index contributed by atoms with van der Waals surface area (Å²) in [6, 6.07) is 0.296. The molecule has 0 aromatic carbocycles. The molecule has 0 unspecified atom stereocenters. The van der Waals surface area contributed by atoms with E-state index < -0.39 is 0 Å². The van der Waals surface area contributed by atoms with Crippen molar-refractivity contribution in [3.05, 3.63) is 0 Å². The van der Waals surface area contributed by atoms with Crippen LogP contribution in [0.1, 0.15) is 13.3 Å². The van der Waals surface area contributed by atoms with Crippen molar-refractivity contribution < 1.29 is 14.2 Å². The summed E-state index contributed by atoms with van der Waals surface area (Å²) in [7, 11) is 5.41. The second-order valence-electron chi connectivity index (χ2n) is 4.47. The number of methoxy groups -OCH3 is 1. The fourth-order valence-electron chi connectivity index (χ4n) is 1.45. The Morgan fingerprint density at radius 2 is 1.86 bits per heavy atom. The predicted molar refractivity (Wildman–Crippen MR) is 81.1 cm³/mol. The molecule has 1 aromatic heterocycles. The molecule has 0 radical (unpaired) electrons. The number of nitrogens with zero attached hydrogens (tertiary/aromatic N) is 4. The Labute approximate surface area is 125 Å². The second kappa shape index (κ2) is 10.1. The minimum atomic E-state index is 0.296. The van der Waals surface area contributed by atoms with Crippen LogP contribution < -0.4 is 15.0 Å². The average Bonchev–Trinajstić information content (AvgIpc) is 2.46. The van der Waals surface area contributed by atoms with E-state index in [1.807, 2.05) is 21.0 Å². The van der Waals surface area contributed by atoms with Gasteiger partial charge in [-0.05, 0) is 13.3 Å². The summed E-state index contributed by atoms with van der Waals surface area (Å²) in [5.41, 5.74) is 0. The lowest BCUT2D eigenvalue weighted by molar-refractivity contribution is 0.0783. The Balaban J connectivity index is 2.42. The number of rotatable bonds is 11. The molecular weight excluding hydrogens is 274 g/mol. The van der Waals surface area contributed by atoms with E-state index in [4.69, 9.17) is 14.2 Å². The Morgan fingerprint density at radius 1 is 1.05 bits per heavy atom. The van der Waals surface area contributed by atoms with Gasteiger partial charge in [0.05, 0.1) is 6.61 Å². The third-order valence-electron chi connectivity index (χ3n) is 2.43. The van der Waals surface area contributed by atoms with Crippen molar-refractivity contribution >= 4 is 11.9 Å². The smallest absolute Gasteiger partial charge is 0.323 e. The van der Waals surface area contributed by atoms with Gasteiger partial charge in [0.1, 0.15) is 6.61 Å². The summed E-state index contributed by atoms with van der Waals surface area (Å²) in [5.74, 6) is 1.06. The summed E-state index contributed by atoms with van der Waals surface area (Å²) in [6.07, 6.45) is 0.873. The highest BCUT2D eigenvalue weighted by Crippen LogP contribution is 2.12. The molecule has 1 rings (SSSR count). The summed E-state index contributed by atoms with van der Waals surface area (Å²) >= 11 is 0. The van der Waals surface area contributed by atoms with Crippen molar-refractivity contribution in [1.29, 1.82) is 0 Å². The molecule has 0 saturated carbocycles. The van der Waals surface area contributed by atoms with Crippen molar-refractivity contribution in [3.8, 4) is 6.01 Å². The first-order valence-corrected chi connectivity index (χ1v) is 7.04. The molecule has 0 aliphatic heterocycles. The van der Waals surface area contributed by atoms with Crippen molar-refractivity contribution in [3.63, 3.8) is 0 Å². The maximum absolute atomic E-state index is 5.51. The van der Waals surface area contributed by atoms with Crippen molar-refractivity contribution in [1.82, 2.24) is 15.0 Å². The molecule has 0 atom stereocenters. The molecule has 0 amide bonds. The SMILES string of the molecule is CCNc1nc(OCCOCCCOC)nc(N(C)C)n1. The van der Waals surface area contributed by atoms with Gasteiger partial charge in [-0.1, -0.05) is 0 Å². The molecule has 8 nitrogen and oxygen atoms in total. The van der Waals surface area contributed by atoms with Crippen LogP contribution in [-0.4, -0.2) is 69.1 Å². The predicted octanol–water partition coefficient (Wildman–Crippen LogP) is 0.801. The van der Waals surface area contributed by atoms with Crippen LogP contribution in [0.4, 0.5) is 11.9 Å². The van der Waals surface area contributed by atoms with Crippen LogP contribution in [0, 0.1) is 0 Å². The molecule has 0 saturated heterocycles. The highest BCUT2D eigenvalue weighted by atomic mass is 16.5. The summed E-state index contributed by atoms with van der Waals surface area (Å²) in [5, 5.41) is 3.05. The maximum Gasteiger partial charge on any atom is 0.323 e. The highest BCUT2D eigenvalue weighted by Gasteiger charge is 2.08. The molecule has 8 heteroatoms. The highest BCUT2D eigenvalue weighted by molar-refractivity contribution is 5.36. The fraction of sp³-hybridized carbons (Fsp3) is 0.769. The van der Waals surface area contributed by atoms with Gasteiger partial charge in [0, 0.05) is 41.0 Å². The normalized spacial score (nSPS) is 10.5. The van der Waals surface area contributed by atoms with E-state index in [0.717, 1.165) is 13.0 Å². The first-order valence-electron chi connectivity index (χ1n) is 7.04. The van der Waals surface area contributed by atoms with Crippen molar-refractivity contribution in [2.45, 2.75) is 13.3 Å². The number of nitrogens with one attached hydrogen (secondary N) is 1. The summed E-state index contributed by atoms with van der Waals surface area (Å²) in [6.45, 7) is 4.96. The molecule has 21 heavy (non-hydrogen) atoms. The number of anilines is 2. The van der Waals surface area contributed by atoms with Gasteiger partial charge in [-0.2, -0.15) is 15.0 Å². The topological polar surface area (TPSA) is 81.6 Å². The molecule has 0 aliphatic rings. The molecule has 0 fully saturated rings. The van der Waals surface area contributed by atoms with Crippen LogP contribution in [0.15, 0.2) is 0 Å². The van der Waals surface area contributed by atoms with Gasteiger partial charge < -0.3 is 24.4 Å². The maximum atomic E-state index is 5.51. The van der Waals surface area contributed by atoms with Crippen molar-refractivity contribution in [2.75, 3.05) is 64.4 Å². The number of aromatic nitrogens is 3. The second-order valence-corrected chi connectivity index (χ2v) is 4.47. The standard InChI is InChI=1S/C13H25N5O3/c1-5-14-11-15-12(18(2)3)17-13(16-11)21-10-9-20-8-6-7-19-4/h5-10H2,1-4H3,(H,14,15,16,17). The van der Waals surface area contributed by atoms with Crippen LogP contribution in [-0.2, 0) is 9.47 Å². The largest absolute Gasteiger partial charge is 0.461 e.